The second-order valence-corrected chi connectivity index (χ2v) is 7.18. The zero-order valence-corrected chi connectivity index (χ0v) is 18.7. The number of aromatic nitrogens is 3. The molecule has 1 heterocycles. The molecule has 0 aliphatic carbocycles. The van der Waals surface area contributed by atoms with Gasteiger partial charge in [0.25, 0.3) is 0 Å². The summed E-state index contributed by atoms with van der Waals surface area (Å²) >= 11 is 10.5. The first-order valence-corrected chi connectivity index (χ1v) is 10.3. The molecule has 8 nitrogen and oxygen atoms in total. The van der Waals surface area contributed by atoms with E-state index in [1.165, 1.54) is 13.2 Å². The van der Waals surface area contributed by atoms with E-state index in [1.807, 2.05) is 49.5 Å². The summed E-state index contributed by atoms with van der Waals surface area (Å²) in [6.07, 6.45) is 3.73. The highest BCUT2D eigenvalue weighted by atomic mass is 32.1. The van der Waals surface area contributed by atoms with Crippen LogP contribution in [0, 0.1) is 9.54 Å². The van der Waals surface area contributed by atoms with E-state index in [0.29, 0.717) is 21.7 Å². The van der Waals surface area contributed by atoms with Gasteiger partial charge in [0.1, 0.15) is 5.75 Å². The number of rotatable bonds is 9. The summed E-state index contributed by atoms with van der Waals surface area (Å²) in [5, 5.41) is 12.0. The third kappa shape index (κ3) is 5.83. The molecule has 0 amide bonds. The van der Waals surface area contributed by atoms with Crippen LogP contribution >= 0.6 is 24.4 Å². The number of benzene rings is 2. The smallest absolute Gasteiger partial charge is 0.330 e. The molecule has 0 bridgehead atoms. The molecular weight excluding hydrogens is 434 g/mol. The first-order valence-electron chi connectivity index (χ1n) is 9.44. The van der Waals surface area contributed by atoms with Gasteiger partial charge in [0.05, 0.1) is 12.8 Å². The Hall–Kier alpha value is -3.37. The molecule has 162 valence electrons. The van der Waals surface area contributed by atoms with Crippen molar-refractivity contribution in [1.29, 1.82) is 0 Å². The zero-order valence-electron chi connectivity index (χ0n) is 17.1. The minimum atomic E-state index is -0.383. The molecule has 0 saturated carbocycles. The molecule has 0 spiro atoms. The van der Waals surface area contributed by atoms with Gasteiger partial charge < -0.3 is 20.1 Å². The van der Waals surface area contributed by atoms with Crippen molar-refractivity contribution in [2.24, 2.45) is 0 Å². The van der Waals surface area contributed by atoms with Crippen LogP contribution in [0.3, 0.4) is 0 Å². The van der Waals surface area contributed by atoms with Gasteiger partial charge in [0.2, 0.25) is 0 Å². The summed E-state index contributed by atoms with van der Waals surface area (Å²) in [6, 6.07) is 13.5. The average molecular weight is 458 g/mol. The van der Waals surface area contributed by atoms with E-state index in [4.69, 9.17) is 29.2 Å². The number of nitrogens with one attached hydrogen (secondary N) is 4. The Morgan fingerprint density at radius 1 is 1.16 bits per heavy atom. The van der Waals surface area contributed by atoms with E-state index in [1.54, 1.807) is 10.6 Å². The number of methoxy groups -OCH3 is 1. The van der Waals surface area contributed by atoms with Crippen molar-refractivity contribution in [1.82, 2.24) is 14.8 Å². The third-order valence-electron chi connectivity index (χ3n) is 4.44. The van der Waals surface area contributed by atoms with Crippen LogP contribution in [0.25, 0.3) is 5.69 Å². The van der Waals surface area contributed by atoms with Gasteiger partial charge in [0, 0.05) is 24.5 Å². The van der Waals surface area contributed by atoms with E-state index >= 15 is 0 Å². The van der Waals surface area contributed by atoms with Gasteiger partial charge in [0.15, 0.2) is 16.3 Å². The van der Waals surface area contributed by atoms with Gasteiger partial charge in [-0.3, -0.25) is 14.8 Å². The maximum Gasteiger partial charge on any atom is 0.330 e. The lowest BCUT2D eigenvalue weighted by Gasteiger charge is -2.13. The average Bonchev–Trinajstić information content (AvgIpc) is 3.12. The number of ether oxygens (including phenoxy) is 2. The number of carbonyl (C=O) groups is 1. The minimum Gasteiger partial charge on any atom is -0.473 e. The summed E-state index contributed by atoms with van der Waals surface area (Å²) in [5.41, 5.74) is 3.67. The molecule has 0 atom stereocenters. The molecule has 31 heavy (non-hydrogen) atoms. The van der Waals surface area contributed by atoms with Crippen LogP contribution in [0.1, 0.15) is 5.56 Å². The number of esters is 1. The largest absolute Gasteiger partial charge is 0.473 e. The predicted molar refractivity (Wildman–Crippen MR) is 126 cm³/mol. The number of H-pyrrole nitrogens is 2. The molecule has 0 fully saturated rings. The number of hydrogen-bond acceptors (Lipinski definition) is 7. The monoisotopic (exact) mass is 457 g/mol. The van der Waals surface area contributed by atoms with E-state index in [9.17, 15) is 4.79 Å². The molecule has 0 saturated heterocycles. The third-order valence-corrected chi connectivity index (χ3v) is 5.01. The number of hydrogen-bond donors (Lipinski definition) is 4. The van der Waals surface area contributed by atoms with Crippen LogP contribution < -0.4 is 15.4 Å². The fourth-order valence-electron chi connectivity index (χ4n) is 2.93. The van der Waals surface area contributed by atoms with Crippen LogP contribution in [-0.2, 0) is 16.0 Å². The van der Waals surface area contributed by atoms with E-state index < -0.39 is 0 Å². The fourth-order valence-corrected chi connectivity index (χ4v) is 3.48. The number of aromatic amines is 2. The van der Waals surface area contributed by atoms with Gasteiger partial charge >= 0.3 is 5.97 Å². The lowest BCUT2D eigenvalue weighted by molar-refractivity contribution is -0.134. The summed E-state index contributed by atoms with van der Waals surface area (Å²) < 4.78 is 13.2. The lowest BCUT2D eigenvalue weighted by Crippen LogP contribution is -2.09. The standard InChI is InChI=1S/C21H23N5O3S2/c1-22-18-10-9-17(11-14(18)5-3-8-19(27)28-2)29-13-23-15-6-4-7-16(12-15)26-20(30)24-25-21(26)31/h3-4,6-12,22-23H,5,13H2,1-2H3,(H,24,30)(H,25,31). The molecule has 10 heteroatoms. The van der Waals surface area contributed by atoms with Crippen molar-refractivity contribution in [3.05, 3.63) is 69.7 Å². The maximum atomic E-state index is 11.3. The molecule has 0 unspecified atom stereocenters. The van der Waals surface area contributed by atoms with Crippen molar-refractivity contribution in [3.63, 3.8) is 0 Å². The second kappa shape index (κ2) is 10.6. The summed E-state index contributed by atoms with van der Waals surface area (Å²) in [6.45, 7) is 0.269. The Kier molecular flexibility index (Phi) is 7.63. The summed E-state index contributed by atoms with van der Waals surface area (Å²) in [7, 11) is 3.20. The SMILES string of the molecule is CNc1ccc(OCNc2cccc(-n3c(=S)[nH][nH]c3=S)c2)cc1CC=CC(=O)OC. The number of anilines is 2. The maximum absolute atomic E-state index is 11.3. The Balaban J connectivity index is 1.65. The molecular formula is C21H23N5O3S2. The van der Waals surface area contributed by atoms with Crippen molar-refractivity contribution in [3.8, 4) is 11.4 Å². The normalized spacial score (nSPS) is 10.8. The molecule has 3 aromatic rings. The molecule has 3 rings (SSSR count). The molecule has 4 N–H and O–H groups in total. The van der Waals surface area contributed by atoms with Crippen molar-refractivity contribution >= 4 is 41.8 Å². The predicted octanol–water partition coefficient (Wildman–Crippen LogP) is 4.35. The first-order chi connectivity index (χ1) is 15.0. The van der Waals surface area contributed by atoms with Crippen LogP contribution in [0.5, 0.6) is 5.75 Å². The van der Waals surface area contributed by atoms with Gasteiger partial charge in [-0.2, -0.15) is 0 Å². The Labute approximate surface area is 189 Å². The van der Waals surface area contributed by atoms with Gasteiger partial charge in [-0.1, -0.05) is 12.1 Å². The van der Waals surface area contributed by atoms with Crippen molar-refractivity contribution < 1.29 is 14.3 Å². The molecule has 0 aliphatic heterocycles. The Bertz CT molecular complexity index is 1170. The summed E-state index contributed by atoms with van der Waals surface area (Å²) in [5.74, 6) is 0.325. The quantitative estimate of drug-likeness (QED) is 0.164. The minimum absolute atomic E-state index is 0.269. The molecule has 0 aliphatic rings. The molecule has 2 aromatic carbocycles. The van der Waals surface area contributed by atoms with E-state index in [-0.39, 0.29) is 12.7 Å². The lowest BCUT2D eigenvalue weighted by atomic mass is 10.1. The van der Waals surface area contributed by atoms with Gasteiger partial charge in [-0.05, 0) is 72.8 Å². The zero-order chi connectivity index (χ0) is 22.2. The van der Waals surface area contributed by atoms with Gasteiger partial charge in [-0.25, -0.2) is 4.79 Å². The van der Waals surface area contributed by atoms with Crippen molar-refractivity contribution in [2.45, 2.75) is 6.42 Å². The van der Waals surface area contributed by atoms with Crippen LogP contribution in [0.4, 0.5) is 11.4 Å². The van der Waals surface area contributed by atoms with E-state index in [0.717, 1.165) is 22.6 Å². The number of nitrogens with zero attached hydrogens (tertiary/aromatic N) is 1. The molecule has 0 radical (unpaired) electrons. The number of carbonyl (C=O) groups excluding carboxylic acids is 1. The highest BCUT2D eigenvalue weighted by Gasteiger charge is 2.05. The van der Waals surface area contributed by atoms with Gasteiger partial charge in [-0.15, -0.1) is 0 Å². The van der Waals surface area contributed by atoms with Crippen LogP contribution in [0.15, 0.2) is 54.6 Å². The van der Waals surface area contributed by atoms with Crippen molar-refractivity contribution in [2.75, 3.05) is 31.5 Å². The molecule has 1 aromatic heterocycles. The van der Waals surface area contributed by atoms with Crippen LogP contribution in [0.2, 0.25) is 0 Å². The second-order valence-electron chi connectivity index (χ2n) is 6.41. The Morgan fingerprint density at radius 3 is 2.65 bits per heavy atom. The topological polar surface area (TPSA) is 96.1 Å². The first kappa shape index (κ1) is 22.3. The highest BCUT2D eigenvalue weighted by molar-refractivity contribution is 7.72. The van der Waals surface area contributed by atoms with Crippen LogP contribution in [-0.4, -0.2) is 41.6 Å². The Morgan fingerprint density at radius 2 is 1.94 bits per heavy atom. The van der Waals surface area contributed by atoms with E-state index in [2.05, 4.69) is 25.6 Å². The summed E-state index contributed by atoms with van der Waals surface area (Å²) in [4.78, 5) is 11.3. The highest BCUT2D eigenvalue weighted by Crippen LogP contribution is 2.23. The fraction of sp³-hybridized carbons (Fsp3) is 0.190. The number of allylic oxidation sites excluding steroid dienone is 1.